The molecule has 1 atom stereocenters. The number of furan rings is 1. The Labute approximate surface area is 101 Å². The van der Waals surface area contributed by atoms with Crippen LogP contribution in [0.5, 0.6) is 0 Å². The van der Waals surface area contributed by atoms with Gasteiger partial charge in [-0.25, -0.2) is 4.98 Å². The van der Waals surface area contributed by atoms with Gasteiger partial charge in [0.15, 0.2) is 0 Å². The summed E-state index contributed by atoms with van der Waals surface area (Å²) in [5.74, 6) is 1.98. The lowest BCUT2D eigenvalue weighted by Crippen LogP contribution is -2.28. The second kappa shape index (κ2) is 6.20. The third-order valence-corrected chi connectivity index (χ3v) is 2.72. The van der Waals surface area contributed by atoms with E-state index in [0.717, 1.165) is 37.4 Å². The zero-order valence-electron chi connectivity index (χ0n) is 10.0. The molecule has 2 rings (SSSR count). The highest BCUT2D eigenvalue weighted by Gasteiger charge is 2.04. The molecule has 0 radical (unpaired) electrons. The summed E-state index contributed by atoms with van der Waals surface area (Å²) in [6.07, 6.45) is 6.19. The van der Waals surface area contributed by atoms with Crippen molar-refractivity contribution >= 4 is 0 Å². The normalized spacial score (nSPS) is 12.8. The molecule has 5 nitrogen and oxygen atoms in total. The average molecular weight is 234 g/mol. The van der Waals surface area contributed by atoms with Crippen LogP contribution in [0.3, 0.4) is 0 Å². The van der Waals surface area contributed by atoms with Crippen molar-refractivity contribution in [3.63, 3.8) is 0 Å². The molecule has 5 heteroatoms. The van der Waals surface area contributed by atoms with Gasteiger partial charge in [0.1, 0.15) is 17.9 Å². The van der Waals surface area contributed by atoms with Gasteiger partial charge in [0.2, 0.25) is 0 Å². The van der Waals surface area contributed by atoms with E-state index >= 15 is 0 Å². The van der Waals surface area contributed by atoms with Crippen LogP contribution in [-0.2, 0) is 12.8 Å². The average Bonchev–Trinajstić information content (AvgIpc) is 2.99. The number of aromatic amines is 1. The van der Waals surface area contributed by atoms with E-state index in [4.69, 9.17) is 4.42 Å². The van der Waals surface area contributed by atoms with Crippen LogP contribution in [0.2, 0.25) is 0 Å². The van der Waals surface area contributed by atoms with E-state index in [0.29, 0.717) is 6.04 Å². The summed E-state index contributed by atoms with van der Waals surface area (Å²) in [6.45, 7) is 3.10. The number of nitrogens with zero attached hydrogens (tertiary/aromatic N) is 2. The number of H-pyrrole nitrogens is 1. The standard InChI is InChI=1S/C12H18N4O/c1-10(4-5-11-3-2-8-17-11)13-7-6-12-14-9-15-16-12/h2-3,8-10,13H,4-7H2,1H3,(H,14,15,16). The van der Waals surface area contributed by atoms with Crippen molar-refractivity contribution in [3.8, 4) is 0 Å². The molecule has 0 amide bonds. The largest absolute Gasteiger partial charge is 0.469 e. The van der Waals surface area contributed by atoms with Gasteiger partial charge in [-0.2, -0.15) is 5.10 Å². The molecular formula is C12H18N4O. The number of aryl methyl sites for hydroxylation is 1. The molecule has 1 unspecified atom stereocenters. The minimum Gasteiger partial charge on any atom is -0.469 e. The van der Waals surface area contributed by atoms with E-state index in [1.165, 1.54) is 6.33 Å². The van der Waals surface area contributed by atoms with E-state index in [1.807, 2.05) is 12.1 Å². The lowest BCUT2D eigenvalue weighted by molar-refractivity contribution is 0.460. The summed E-state index contributed by atoms with van der Waals surface area (Å²) in [5, 5.41) is 10.1. The first-order valence-electron chi connectivity index (χ1n) is 5.94. The molecule has 92 valence electrons. The Bertz CT molecular complexity index is 396. The van der Waals surface area contributed by atoms with Crippen molar-refractivity contribution in [1.82, 2.24) is 20.5 Å². The van der Waals surface area contributed by atoms with Crippen LogP contribution in [0.1, 0.15) is 24.9 Å². The molecular weight excluding hydrogens is 216 g/mol. The Hall–Kier alpha value is -1.62. The molecule has 0 saturated heterocycles. The topological polar surface area (TPSA) is 66.7 Å². The van der Waals surface area contributed by atoms with Crippen molar-refractivity contribution in [2.24, 2.45) is 0 Å². The molecule has 0 bridgehead atoms. The van der Waals surface area contributed by atoms with Crippen LogP contribution in [0.15, 0.2) is 29.1 Å². The Balaban J connectivity index is 1.59. The quantitative estimate of drug-likeness (QED) is 0.762. The second-order valence-corrected chi connectivity index (χ2v) is 4.16. The Morgan fingerprint density at radius 2 is 2.41 bits per heavy atom. The van der Waals surface area contributed by atoms with Crippen LogP contribution in [-0.4, -0.2) is 27.8 Å². The summed E-state index contributed by atoms with van der Waals surface area (Å²) in [6, 6.07) is 4.42. The molecule has 0 spiro atoms. The maximum Gasteiger partial charge on any atom is 0.137 e. The van der Waals surface area contributed by atoms with Crippen LogP contribution in [0.25, 0.3) is 0 Å². The molecule has 2 aromatic rings. The SMILES string of the molecule is CC(CCc1ccco1)NCCc1ncn[nH]1. The van der Waals surface area contributed by atoms with Gasteiger partial charge < -0.3 is 9.73 Å². The molecule has 0 aliphatic rings. The molecule has 17 heavy (non-hydrogen) atoms. The van der Waals surface area contributed by atoms with Gasteiger partial charge in [0.25, 0.3) is 0 Å². The van der Waals surface area contributed by atoms with Crippen molar-refractivity contribution in [1.29, 1.82) is 0 Å². The molecule has 2 heterocycles. The molecule has 2 aromatic heterocycles. The highest BCUT2D eigenvalue weighted by atomic mass is 16.3. The smallest absolute Gasteiger partial charge is 0.137 e. The summed E-state index contributed by atoms with van der Waals surface area (Å²) in [5.41, 5.74) is 0. The van der Waals surface area contributed by atoms with Gasteiger partial charge in [-0.15, -0.1) is 0 Å². The zero-order valence-corrected chi connectivity index (χ0v) is 10.0. The third-order valence-electron chi connectivity index (χ3n) is 2.72. The predicted octanol–water partition coefficient (Wildman–Crippen LogP) is 1.55. The predicted molar refractivity (Wildman–Crippen MR) is 64.6 cm³/mol. The lowest BCUT2D eigenvalue weighted by atomic mass is 10.1. The van der Waals surface area contributed by atoms with Gasteiger partial charge in [0.05, 0.1) is 6.26 Å². The minimum absolute atomic E-state index is 0.475. The highest BCUT2D eigenvalue weighted by Crippen LogP contribution is 2.05. The molecule has 0 aliphatic carbocycles. The monoisotopic (exact) mass is 234 g/mol. The van der Waals surface area contributed by atoms with Crippen molar-refractivity contribution < 1.29 is 4.42 Å². The third kappa shape index (κ3) is 4.03. The summed E-state index contributed by atoms with van der Waals surface area (Å²) < 4.78 is 5.30. The molecule has 0 aromatic carbocycles. The summed E-state index contributed by atoms with van der Waals surface area (Å²) >= 11 is 0. The minimum atomic E-state index is 0.475. The van der Waals surface area contributed by atoms with E-state index in [2.05, 4.69) is 27.4 Å². The fourth-order valence-electron chi connectivity index (χ4n) is 1.70. The first kappa shape index (κ1) is 11.9. The van der Waals surface area contributed by atoms with Gasteiger partial charge >= 0.3 is 0 Å². The first-order valence-corrected chi connectivity index (χ1v) is 5.94. The fraction of sp³-hybridized carbons (Fsp3) is 0.500. The van der Waals surface area contributed by atoms with Crippen LogP contribution in [0.4, 0.5) is 0 Å². The number of aromatic nitrogens is 3. The van der Waals surface area contributed by atoms with E-state index in [9.17, 15) is 0 Å². The lowest BCUT2D eigenvalue weighted by Gasteiger charge is -2.12. The number of rotatable bonds is 7. The van der Waals surface area contributed by atoms with Crippen LogP contribution in [0, 0.1) is 0 Å². The van der Waals surface area contributed by atoms with E-state index in [-0.39, 0.29) is 0 Å². The van der Waals surface area contributed by atoms with Crippen molar-refractivity contribution in [2.75, 3.05) is 6.54 Å². The van der Waals surface area contributed by atoms with Gasteiger partial charge in [0, 0.05) is 25.4 Å². The molecule has 0 fully saturated rings. The Morgan fingerprint density at radius 1 is 1.47 bits per heavy atom. The van der Waals surface area contributed by atoms with Gasteiger partial charge in [-0.1, -0.05) is 0 Å². The Morgan fingerprint density at radius 3 is 3.12 bits per heavy atom. The molecule has 0 saturated carbocycles. The van der Waals surface area contributed by atoms with Gasteiger partial charge in [-0.3, -0.25) is 5.10 Å². The van der Waals surface area contributed by atoms with Crippen molar-refractivity contribution in [2.45, 2.75) is 32.2 Å². The Kier molecular flexibility index (Phi) is 4.32. The zero-order chi connectivity index (χ0) is 11.9. The fourth-order valence-corrected chi connectivity index (χ4v) is 1.70. The molecule has 0 aliphatic heterocycles. The number of hydrogen-bond donors (Lipinski definition) is 2. The van der Waals surface area contributed by atoms with Gasteiger partial charge in [-0.05, 0) is 25.5 Å². The molecule has 2 N–H and O–H groups in total. The summed E-state index contributed by atoms with van der Waals surface area (Å²) in [4.78, 5) is 4.08. The highest BCUT2D eigenvalue weighted by molar-refractivity contribution is 4.98. The maximum atomic E-state index is 5.30. The second-order valence-electron chi connectivity index (χ2n) is 4.16. The maximum absolute atomic E-state index is 5.30. The van der Waals surface area contributed by atoms with E-state index in [1.54, 1.807) is 6.26 Å². The van der Waals surface area contributed by atoms with E-state index < -0.39 is 0 Å². The summed E-state index contributed by atoms with van der Waals surface area (Å²) in [7, 11) is 0. The number of nitrogens with one attached hydrogen (secondary N) is 2. The first-order chi connectivity index (χ1) is 8.34. The van der Waals surface area contributed by atoms with Crippen LogP contribution < -0.4 is 5.32 Å². The number of hydrogen-bond acceptors (Lipinski definition) is 4. The van der Waals surface area contributed by atoms with Crippen LogP contribution >= 0.6 is 0 Å². The van der Waals surface area contributed by atoms with Crippen molar-refractivity contribution in [3.05, 3.63) is 36.3 Å².